The number of hydrogen-bond donors (Lipinski definition) is 0. The maximum Gasteiger partial charge on any atom is 0.316 e. The molecule has 0 aliphatic heterocycles. The standard InChI is InChI=1S/C20H17NO4S/c22-17(15-9-8-13-4-3-5-14(13)10-15)11-24-19(23)12-26-20-21-16-6-1-2-7-18(16)25-20/h1-2,6-10H,3-5,11-12H2. The molecule has 1 aliphatic rings. The number of esters is 1. The van der Waals surface area contributed by atoms with E-state index >= 15 is 0 Å². The van der Waals surface area contributed by atoms with Gasteiger partial charge in [0.1, 0.15) is 11.3 Å². The number of Topliss-reactive ketones (excluding diaryl/α,β-unsaturated/α-hetero) is 1. The van der Waals surface area contributed by atoms with Crippen LogP contribution >= 0.6 is 11.8 Å². The van der Waals surface area contributed by atoms with Gasteiger partial charge in [-0.05, 0) is 48.6 Å². The van der Waals surface area contributed by atoms with Crippen molar-refractivity contribution in [1.29, 1.82) is 0 Å². The van der Waals surface area contributed by atoms with Crippen LogP contribution in [-0.2, 0) is 22.4 Å². The van der Waals surface area contributed by atoms with Crippen LogP contribution in [0.5, 0.6) is 0 Å². The molecular formula is C20H17NO4S. The first-order valence-corrected chi connectivity index (χ1v) is 9.46. The van der Waals surface area contributed by atoms with Crippen LogP contribution in [0, 0.1) is 0 Å². The summed E-state index contributed by atoms with van der Waals surface area (Å²) in [6.45, 7) is -0.244. The number of carbonyl (C=O) groups excluding carboxylic acids is 2. The van der Waals surface area contributed by atoms with Gasteiger partial charge in [-0.25, -0.2) is 4.98 Å². The van der Waals surface area contributed by atoms with Gasteiger partial charge in [0.2, 0.25) is 0 Å². The summed E-state index contributed by atoms with van der Waals surface area (Å²) in [6, 6.07) is 13.1. The van der Waals surface area contributed by atoms with Crippen molar-refractivity contribution in [3.05, 3.63) is 59.2 Å². The lowest BCUT2D eigenvalue weighted by atomic mass is 10.0. The highest BCUT2D eigenvalue weighted by Crippen LogP contribution is 2.24. The van der Waals surface area contributed by atoms with Crippen LogP contribution in [0.1, 0.15) is 27.9 Å². The fraction of sp³-hybridized carbons (Fsp3) is 0.250. The first-order valence-electron chi connectivity index (χ1n) is 8.48. The van der Waals surface area contributed by atoms with Gasteiger partial charge < -0.3 is 9.15 Å². The molecule has 0 radical (unpaired) electrons. The van der Waals surface area contributed by atoms with Crippen LogP contribution in [0.15, 0.2) is 52.1 Å². The van der Waals surface area contributed by atoms with Crippen molar-refractivity contribution >= 4 is 34.6 Å². The Morgan fingerprint density at radius 2 is 1.96 bits per heavy atom. The Morgan fingerprint density at radius 1 is 1.12 bits per heavy atom. The van der Waals surface area contributed by atoms with E-state index in [9.17, 15) is 9.59 Å². The van der Waals surface area contributed by atoms with Crippen LogP contribution in [0.4, 0.5) is 0 Å². The minimum atomic E-state index is -0.466. The molecule has 132 valence electrons. The first kappa shape index (κ1) is 16.8. The highest BCUT2D eigenvalue weighted by Gasteiger charge is 2.16. The number of benzene rings is 2. The number of oxazole rings is 1. The van der Waals surface area contributed by atoms with E-state index in [-0.39, 0.29) is 18.1 Å². The van der Waals surface area contributed by atoms with Crippen molar-refractivity contribution in [2.24, 2.45) is 0 Å². The Bertz CT molecular complexity index is 946. The van der Waals surface area contributed by atoms with Gasteiger partial charge in [0, 0.05) is 5.56 Å². The second kappa shape index (κ2) is 7.33. The summed E-state index contributed by atoms with van der Waals surface area (Å²) in [6.07, 6.45) is 3.22. The van der Waals surface area contributed by atoms with Crippen molar-refractivity contribution < 1.29 is 18.7 Å². The van der Waals surface area contributed by atoms with E-state index < -0.39 is 5.97 Å². The highest BCUT2D eigenvalue weighted by molar-refractivity contribution is 7.99. The Morgan fingerprint density at radius 3 is 2.85 bits per heavy atom. The maximum atomic E-state index is 12.2. The van der Waals surface area contributed by atoms with Crippen molar-refractivity contribution in [1.82, 2.24) is 4.98 Å². The summed E-state index contributed by atoms with van der Waals surface area (Å²) >= 11 is 1.15. The maximum absolute atomic E-state index is 12.2. The third-order valence-electron chi connectivity index (χ3n) is 4.37. The number of aryl methyl sites for hydroxylation is 2. The zero-order valence-electron chi connectivity index (χ0n) is 14.1. The molecule has 26 heavy (non-hydrogen) atoms. The van der Waals surface area contributed by atoms with Crippen LogP contribution in [0.25, 0.3) is 11.1 Å². The van der Waals surface area contributed by atoms with Crippen molar-refractivity contribution in [2.75, 3.05) is 12.4 Å². The normalized spacial score (nSPS) is 12.9. The van der Waals surface area contributed by atoms with Gasteiger partial charge in [-0.3, -0.25) is 9.59 Å². The molecule has 4 rings (SSSR count). The predicted molar refractivity (Wildman–Crippen MR) is 98.5 cm³/mol. The molecule has 1 heterocycles. The molecule has 0 atom stereocenters. The minimum Gasteiger partial charge on any atom is -0.457 e. The zero-order chi connectivity index (χ0) is 17.9. The Hall–Kier alpha value is -2.60. The molecular weight excluding hydrogens is 350 g/mol. The van der Waals surface area contributed by atoms with E-state index in [2.05, 4.69) is 4.98 Å². The number of para-hydroxylation sites is 2. The lowest BCUT2D eigenvalue weighted by molar-refractivity contribution is -0.139. The zero-order valence-corrected chi connectivity index (χ0v) is 14.9. The summed E-state index contributed by atoms with van der Waals surface area (Å²) in [4.78, 5) is 28.4. The molecule has 1 aromatic heterocycles. The topological polar surface area (TPSA) is 69.4 Å². The van der Waals surface area contributed by atoms with Crippen LogP contribution < -0.4 is 0 Å². The van der Waals surface area contributed by atoms with Crippen LogP contribution in [0.3, 0.4) is 0 Å². The predicted octanol–water partition coefficient (Wildman–Crippen LogP) is 3.83. The number of carbonyl (C=O) groups is 2. The number of rotatable bonds is 6. The minimum absolute atomic E-state index is 0.0459. The molecule has 0 saturated carbocycles. The fourth-order valence-electron chi connectivity index (χ4n) is 3.05. The molecule has 3 aromatic rings. The van der Waals surface area contributed by atoms with Crippen molar-refractivity contribution in [3.8, 4) is 0 Å². The molecule has 0 bridgehead atoms. The second-order valence-electron chi connectivity index (χ2n) is 6.16. The van der Waals surface area contributed by atoms with Gasteiger partial charge >= 0.3 is 5.97 Å². The summed E-state index contributed by atoms with van der Waals surface area (Å²) in [5, 5.41) is 0.410. The third kappa shape index (κ3) is 3.65. The van der Waals surface area contributed by atoms with E-state index in [1.807, 2.05) is 42.5 Å². The molecule has 0 amide bonds. The molecule has 0 spiro atoms. The smallest absolute Gasteiger partial charge is 0.316 e. The van der Waals surface area contributed by atoms with Gasteiger partial charge in [0.25, 0.3) is 5.22 Å². The van der Waals surface area contributed by atoms with Gasteiger partial charge in [0.15, 0.2) is 18.0 Å². The monoisotopic (exact) mass is 367 g/mol. The van der Waals surface area contributed by atoms with Crippen LogP contribution in [0.2, 0.25) is 0 Å². The fourth-order valence-corrected chi connectivity index (χ4v) is 3.69. The molecule has 0 saturated heterocycles. The Kier molecular flexibility index (Phi) is 4.75. The number of ketones is 1. The van der Waals surface area contributed by atoms with Crippen molar-refractivity contribution in [3.63, 3.8) is 0 Å². The average Bonchev–Trinajstić information content (AvgIpc) is 3.29. The van der Waals surface area contributed by atoms with Gasteiger partial charge in [-0.15, -0.1) is 0 Å². The largest absolute Gasteiger partial charge is 0.457 e. The number of nitrogens with zero attached hydrogens (tertiary/aromatic N) is 1. The third-order valence-corrected chi connectivity index (χ3v) is 5.17. The van der Waals surface area contributed by atoms with E-state index in [4.69, 9.17) is 9.15 Å². The molecule has 6 heteroatoms. The van der Waals surface area contributed by atoms with Crippen molar-refractivity contribution in [2.45, 2.75) is 24.5 Å². The molecule has 1 aliphatic carbocycles. The molecule has 5 nitrogen and oxygen atoms in total. The average molecular weight is 367 g/mol. The summed E-state index contributed by atoms with van der Waals surface area (Å²) in [5.41, 5.74) is 4.57. The number of hydrogen-bond acceptors (Lipinski definition) is 6. The van der Waals surface area contributed by atoms with Gasteiger partial charge in [-0.2, -0.15) is 0 Å². The first-order chi connectivity index (χ1) is 12.7. The highest BCUT2D eigenvalue weighted by atomic mass is 32.2. The summed E-state index contributed by atoms with van der Waals surface area (Å²) < 4.78 is 10.6. The van der Waals surface area contributed by atoms with Crippen LogP contribution in [-0.4, -0.2) is 29.1 Å². The molecule has 2 aromatic carbocycles. The summed E-state index contributed by atoms with van der Waals surface area (Å²) in [7, 11) is 0. The number of aromatic nitrogens is 1. The molecule has 0 unspecified atom stereocenters. The number of ether oxygens (including phenoxy) is 1. The number of fused-ring (bicyclic) bond motifs is 2. The molecule has 0 N–H and O–H groups in total. The second-order valence-corrected chi connectivity index (χ2v) is 7.08. The van der Waals surface area contributed by atoms with E-state index in [0.29, 0.717) is 16.4 Å². The SMILES string of the molecule is O=C(CSc1nc2ccccc2o1)OCC(=O)c1ccc2c(c1)CCC2. The van der Waals surface area contributed by atoms with Gasteiger partial charge in [-0.1, -0.05) is 36.0 Å². The summed E-state index contributed by atoms with van der Waals surface area (Å²) in [5.74, 6) is -0.601. The number of thioether (sulfide) groups is 1. The van der Waals surface area contributed by atoms with Gasteiger partial charge in [0.05, 0.1) is 0 Å². The quantitative estimate of drug-likeness (QED) is 0.375. The van der Waals surface area contributed by atoms with E-state index in [1.54, 1.807) is 0 Å². The lowest BCUT2D eigenvalue weighted by Gasteiger charge is -2.05. The van der Waals surface area contributed by atoms with E-state index in [0.717, 1.165) is 36.5 Å². The Balaban J connectivity index is 1.29. The van der Waals surface area contributed by atoms with E-state index in [1.165, 1.54) is 11.1 Å². The molecule has 0 fully saturated rings. The Labute approximate surface area is 154 Å². The lowest BCUT2D eigenvalue weighted by Crippen LogP contribution is -2.15.